The lowest BCUT2D eigenvalue weighted by Crippen LogP contribution is -2.44. The minimum absolute atomic E-state index is 0.108. The average Bonchev–Trinajstić information content (AvgIpc) is 3.59. The number of hydrogen-bond donors (Lipinski definition) is 4. The number of benzene rings is 2. The Labute approximate surface area is 225 Å². The summed E-state index contributed by atoms with van der Waals surface area (Å²) in [7, 11) is 1.96. The molecule has 0 saturated carbocycles. The van der Waals surface area contributed by atoms with Gasteiger partial charge in [-0.3, -0.25) is 9.59 Å². The van der Waals surface area contributed by atoms with Crippen LogP contribution in [-0.2, 0) is 9.59 Å². The number of hydrogen-bond acceptors (Lipinski definition) is 8. The van der Waals surface area contributed by atoms with Gasteiger partial charge in [0.1, 0.15) is 11.4 Å². The molecule has 1 aliphatic rings. The molecule has 200 valence electrons. The highest BCUT2D eigenvalue weighted by Crippen LogP contribution is 2.30. The molecule has 11 heteroatoms. The number of H-pyrrole nitrogens is 1. The molecule has 2 aromatic carbocycles. The van der Waals surface area contributed by atoms with E-state index in [9.17, 15) is 9.59 Å². The molecule has 1 fully saturated rings. The number of amides is 2. The number of aromatic nitrogens is 3. The lowest BCUT2D eigenvalue weighted by atomic mass is 10.2. The number of ether oxygens (including phenoxy) is 1. The summed E-state index contributed by atoms with van der Waals surface area (Å²) in [5.74, 6) is 1.05. The normalized spacial score (nSPS) is 14.7. The van der Waals surface area contributed by atoms with Gasteiger partial charge in [-0.1, -0.05) is 12.6 Å². The number of aromatic amines is 1. The molecule has 11 nitrogen and oxygen atoms in total. The van der Waals surface area contributed by atoms with Crippen LogP contribution in [0.1, 0.15) is 13.3 Å². The summed E-state index contributed by atoms with van der Waals surface area (Å²) in [5, 5.41) is 8.65. The second-order valence-corrected chi connectivity index (χ2v) is 9.23. The average molecular weight is 527 g/mol. The molecule has 2 aromatic heterocycles. The fourth-order valence-electron chi connectivity index (χ4n) is 4.39. The molecule has 4 aromatic rings. The number of carbonyl (C=O) groups is 2. The number of likely N-dealkylation sites (tertiary alicyclic amines) is 1. The SMILES string of the molecule is C=CC(=O)Nc1cccc(Oc2nc(Nc3ccc(N(C)N[C@H]4CCN(C(C)=O)C4)cc3)nc3[nH]ccc23)c1. The van der Waals surface area contributed by atoms with Crippen LogP contribution in [0.15, 0.2) is 73.4 Å². The third kappa shape index (κ3) is 6.16. The maximum atomic E-state index is 11.7. The summed E-state index contributed by atoms with van der Waals surface area (Å²) in [6.45, 7) is 6.56. The maximum Gasteiger partial charge on any atom is 0.247 e. The van der Waals surface area contributed by atoms with E-state index in [1.54, 1.807) is 37.4 Å². The fraction of sp³-hybridized carbons (Fsp3) is 0.214. The maximum absolute atomic E-state index is 11.7. The molecule has 39 heavy (non-hydrogen) atoms. The van der Waals surface area contributed by atoms with Crippen LogP contribution >= 0.6 is 0 Å². The van der Waals surface area contributed by atoms with E-state index in [0.29, 0.717) is 35.5 Å². The predicted molar refractivity (Wildman–Crippen MR) is 151 cm³/mol. The smallest absolute Gasteiger partial charge is 0.247 e. The van der Waals surface area contributed by atoms with E-state index in [0.717, 1.165) is 29.7 Å². The number of hydrazine groups is 1. The van der Waals surface area contributed by atoms with Crippen molar-refractivity contribution in [1.29, 1.82) is 0 Å². The Morgan fingerprint density at radius 3 is 2.72 bits per heavy atom. The number of fused-ring (bicyclic) bond motifs is 1. The fourth-order valence-corrected chi connectivity index (χ4v) is 4.39. The van der Waals surface area contributed by atoms with Crippen molar-refractivity contribution in [2.45, 2.75) is 19.4 Å². The van der Waals surface area contributed by atoms with Crippen LogP contribution < -0.4 is 25.8 Å². The molecule has 1 saturated heterocycles. The van der Waals surface area contributed by atoms with Crippen LogP contribution in [0, 0.1) is 0 Å². The molecule has 0 spiro atoms. The van der Waals surface area contributed by atoms with Crippen LogP contribution in [0.25, 0.3) is 11.0 Å². The van der Waals surface area contributed by atoms with Crippen molar-refractivity contribution in [1.82, 2.24) is 25.3 Å². The van der Waals surface area contributed by atoms with E-state index >= 15 is 0 Å². The monoisotopic (exact) mass is 526 g/mol. The highest BCUT2D eigenvalue weighted by Gasteiger charge is 2.24. The molecular weight excluding hydrogens is 496 g/mol. The summed E-state index contributed by atoms with van der Waals surface area (Å²) >= 11 is 0. The van der Waals surface area contributed by atoms with Gasteiger partial charge < -0.3 is 30.3 Å². The van der Waals surface area contributed by atoms with Crippen LogP contribution in [0.3, 0.4) is 0 Å². The molecule has 3 heterocycles. The van der Waals surface area contributed by atoms with Gasteiger partial charge in [0.2, 0.25) is 23.6 Å². The zero-order valence-electron chi connectivity index (χ0n) is 21.8. The second-order valence-electron chi connectivity index (χ2n) is 9.23. The summed E-state index contributed by atoms with van der Waals surface area (Å²) in [6, 6.07) is 17.0. The first-order chi connectivity index (χ1) is 18.9. The van der Waals surface area contributed by atoms with Crippen molar-refractivity contribution in [3.05, 3.63) is 73.4 Å². The van der Waals surface area contributed by atoms with Crippen molar-refractivity contribution < 1.29 is 14.3 Å². The van der Waals surface area contributed by atoms with Gasteiger partial charge in [-0.15, -0.1) is 0 Å². The van der Waals surface area contributed by atoms with Crippen LogP contribution in [0.4, 0.5) is 23.0 Å². The topological polar surface area (TPSA) is 128 Å². The van der Waals surface area contributed by atoms with Crippen LogP contribution in [-0.4, -0.2) is 57.8 Å². The van der Waals surface area contributed by atoms with Gasteiger partial charge in [-0.2, -0.15) is 9.97 Å². The van der Waals surface area contributed by atoms with Crippen molar-refractivity contribution in [2.24, 2.45) is 0 Å². The first-order valence-electron chi connectivity index (χ1n) is 12.6. The summed E-state index contributed by atoms with van der Waals surface area (Å²) in [5.41, 5.74) is 6.45. The van der Waals surface area contributed by atoms with Gasteiger partial charge in [0, 0.05) is 56.7 Å². The van der Waals surface area contributed by atoms with Crippen molar-refractivity contribution in [3.8, 4) is 11.6 Å². The van der Waals surface area contributed by atoms with Gasteiger partial charge in [0.05, 0.1) is 11.1 Å². The first-order valence-corrected chi connectivity index (χ1v) is 12.6. The zero-order chi connectivity index (χ0) is 27.4. The minimum atomic E-state index is -0.306. The summed E-state index contributed by atoms with van der Waals surface area (Å²) < 4.78 is 6.09. The zero-order valence-corrected chi connectivity index (χ0v) is 21.8. The van der Waals surface area contributed by atoms with Gasteiger partial charge in [0.25, 0.3) is 0 Å². The Hall–Kier alpha value is -4.90. The number of nitrogens with zero attached hydrogens (tertiary/aromatic N) is 4. The quantitative estimate of drug-likeness (QED) is 0.189. The van der Waals surface area contributed by atoms with Gasteiger partial charge in [0.15, 0.2) is 0 Å². The summed E-state index contributed by atoms with van der Waals surface area (Å²) in [4.78, 5) is 37.4. The molecule has 0 radical (unpaired) electrons. The molecule has 0 unspecified atom stereocenters. The van der Waals surface area contributed by atoms with Crippen LogP contribution in [0.5, 0.6) is 11.6 Å². The molecule has 4 N–H and O–H groups in total. The number of carbonyl (C=O) groups excluding carboxylic acids is 2. The molecule has 1 atom stereocenters. The predicted octanol–water partition coefficient (Wildman–Crippen LogP) is 4.18. The van der Waals surface area contributed by atoms with E-state index in [1.165, 1.54) is 6.08 Å². The Bertz CT molecular complexity index is 1500. The van der Waals surface area contributed by atoms with Crippen LogP contribution in [0.2, 0.25) is 0 Å². The Kier molecular flexibility index (Phi) is 7.41. The molecule has 5 rings (SSSR count). The Morgan fingerprint density at radius 2 is 1.97 bits per heavy atom. The van der Waals surface area contributed by atoms with E-state index < -0.39 is 0 Å². The summed E-state index contributed by atoms with van der Waals surface area (Å²) in [6.07, 6.45) is 3.90. The standard InChI is InChI=1S/C28H30N8O3/c1-4-25(38)30-20-6-5-7-23(16-20)39-27-24-12-14-29-26(24)32-28(33-27)31-19-8-10-22(11-9-19)35(3)34-21-13-15-36(17-21)18(2)37/h4-12,14,16,21,34H,1,13,15,17H2,2-3H3,(H,30,38)(H2,29,31,32,33)/t21-/m0/s1. The van der Waals surface area contributed by atoms with Gasteiger partial charge in [-0.25, -0.2) is 5.43 Å². The van der Waals surface area contributed by atoms with Crippen molar-refractivity contribution >= 4 is 45.9 Å². The minimum Gasteiger partial charge on any atom is -0.438 e. The third-order valence-electron chi connectivity index (χ3n) is 6.40. The number of anilines is 4. The molecule has 0 aliphatic carbocycles. The number of rotatable bonds is 9. The third-order valence-corrected chi connectivity index (χ3v) is 6.40. The Balaban J connectivity index is 1.28. The van der Waals surface area contributed by atoms with Crippen molar-refractivity contribution in [2.75, 3.05) is 35.8 Å². The highest BCUT2D eigenvalue weighted by molar-refractivity contribution is 5.99. The van der Waals surface area contributed by atoms with Gasteiger partial charge in [-0.05, 0) is 55.0 Å². The van der Waals surface area contributed by atoms with E-state index in [-0.39, 0.29) is 17.9 Å². The first kappa shape index (κ1) is 25.7. The Morgan fingerprint density at radius 1 is 1.15 bits per heavy atom. The molecular formula is C28H30N8O3. The van der Waals surface area contributed by atoms with E-state index in [2.05, 4.69) is 37.6 Å². The number of nitrogens with one attached hydrogen (secondary N) is 4. The largest absolute Gasteiger partial charge is 0.438 e. The van der Waals surface area contributed by atoms with E-state index in [1.807, 2.05) is 47.3 Å². The molecule has 2 amide bonds. The lowest BCUT2D eigenvalue weighted by molar-refractivity contribution is -0.127. The molecule has 1 aliphatic heterocycles. The second kappa shape index (κ2) is 11.2. The van der Waals surface area contributed by atoms with E-state index in [4.69, 9.17) is 4.74 Å². The lowest BCUT2D eigenvalue weighted by Gasteiger charge is -2.25. The van der Waals surface area contributed by atoms with Gasteiger partial charge >= 0.3 is 0 Å². The highest BCUT2D eigenvalue weighted by atomic mass is 16.5. The van der Waals surface area contributed by atoms with Crippen molar-refractivity contribution in [3.63, 3.8) is 0 Å². The molecule has 0 bridgehead atoms.